The van der Waals surface area contributed by atoms with Gasteiger partial charge < -0.3 is 10.1 Å². The molecule has 4 heteroatoms. The Morgan fingerprint density at radius 2 is 1.78 bits per heavy atom. The second kappa shape index (κ2) is 7.03. The number of carboxylic acids is 1. The number of rotatable bonds is 2. The molecule has 0 aliphatic rings. The summed E-state index contributed by atoms with van der Waals surface area (Å²) in [6, 6.07) is 20.4. The van der Waals surface area contributed by atoms with Crippen molar-refractivity contribution in [3.63, 3.8) is 0 Å². The van der Waals surface area contributed by atoms with Gasteiger partial charge in [-0.2, -0.15) is 0 Å². The predicted molar refractivity (Wildman–Crippen MR) is 108 cm³/mol. The molecule has 0 saturated heterocycles. The van der Waals surface area contributed by atoms with Crippen LogP contribution in [0.2, 0.25) is 5.02 Å². The third-order valence-electron chi connectivity index (χ3n) is 4.33. The van der Waals surface area contributed by atoms with Crippen LogP contribution in [0.4, 0.5) is 0 Å². The molecule has 0 spiro atoms. The number of aromatic nitrogens is 1. The largest absolute Gasteiger partial charge is 0.478 e. The molecule has 0 atom stereocenters. The van der Waals surface area contributed by atoms with Gasteiger partial charge in [-0.05, 0) is 35.9 Å². The van der Waals surface area contributed by atoms with Gasteiger partial charge in [-0.25, -0.2) is 4.79 Å². The maximum atomic E-state index is 11.8. The highest BCUT2D eigenvalue weighted by molar-refractivity contribution is 6.35. The first-order chi connectivity index (χ1) is 13.1. The van der Waals surface area contributed by atoms with Crippen molar-refractivity contribution in [1.29, 1.82) is 0 Å². The minimum absolute atomic E-state index is 0.215. The van der Waals surface area contributed by atoms with Gasteiger partial charge in [0.25, 0.3) is 0 Å². The van der Waals surface area contributed by atoms with Gasteiger partial charge in [0, 0.05) is 33.8 Å². The molecular formula is C23H14ClNO2. The van der Waals surface area contributed by atoms with Gasteiger partial charge in [0.2, 0.25) is 0 Å². The predicted octanol–water partition coefficient (Wildman–Crippen LogP) is 5.59. The molecule has 27 heavy (non-hydrogen) atoms. The minimum atomic E-state index is -0.988. The standard InChI is InChI=1S/C23H14ClNO2/c24-20-14-25-21-13-17(11-12-18(20)21)22-16(7-4-8-19(22)23(26)27)10-9-15-5-2-1-3-6-15/h1-8,11-14,25H,(H,26,27). The van der Waals surface area contributed by atoms with Crippen LogP contribution in [0.5, 0.6) is 0 Å². The maximum absolute atomic E-state index is 11.8. The van der Waals surface area contributed by atoms with Crippen LogP contribution in [-0.2, 0) is 0 Å². The van der Waals surface area contributed by atoms with Gasteiger partial charge in [-0.3, -0.25) is 0 Å². The average Bonchev–Trinajstić information content (AvgIpc) is 3.07. The second-order valence-corrected chi connectivity index (χ2v) is 6.45. The van der Waals surface area contributed by atoms with Gasteiger partial charge in [-0.1, -0.05) is 59.8 Å². The summed E-state index contributed by atoms with van der Waals surface area (Å²) in [6.07, 6.45) is 1.72. The number of carbonyl (C=O) groups is 1. The Kier molecular flexibility index (Phi) is 4.42. The molecule has 1 heterocycles. The van der Waals surface area contributed by atoms with Gasteiger partial charge >= 0.3 is 5.97 Å². The first-order valence-corrected chi connectivity index (χ1v) is 8.71. The minimum Gasteiger partial charge on any atom is -0.478 e. The third-order valence-corrected chi connectivity index (χ3v) is 4.64. The fraction of sp³-hybridized carbons (Fsp3) is 0. The van der Waals surface area contributed by atoms with E-state index >= 15 is 0 Å². The van der Waals surface area contributed by atoms with E-state index in [-0.39, 0.29) is 5.56 Å². The van der Waals surface area contributed by atoms with E-state index < -0.39 is 5.97 Å². The molecule has 0 unspecified atom stereocenters. The highest BCUT2D eigenvalue weighted by atomic mass is 35.5. The normalized spacial score (nSPS) is 10.4. The van der Waals surface area contributed by atoms with Crippen molar-refractivity contribution < 1.29 is 9.90 Å². The summed E-state index contributed by atoms with van der Waals surface area (Å²) in [6.45, 7) is 0. The number of benzene rings is 3. The summed E-state index contributed by atoms with van der Waals surface area (Å²) < 4.78 is 0. The summed E-state index contributed by atoms with van der Waals surface area (Å²) in [7, 11) is 0. The zero-order valence-corrected chi connectivity index (χ0v) is 14.9. The summed E-state index contributed by atoms with van der Waals surface area (Å²) in [5, 5.41) is 11.2. The molecule has 130 valence electrons. The number of aromatic amines is 1. The molecule has 0 saturated carbocycles. The highest BCUT2D eigenvalue weighted by Gasteiger charge is 2.16. The lowest BCUT2D eigenvalue weighted by atomic mass is 9.93. The van der Waals surface area contributed by atoms with E-state index in [0.717, 1.165) is 22.0 Å². The number of aromatic carboxylic acids is 1. The van der Waals surface area contributed by atoms with Crippen LogP contribution in [0.25, 0.3) is 22.0 Å². The molecular weight excluding hydrogens is 358 g/mol. The SMILES string of the molecule is O=C(O)c1cccc(C#Cc2ccccc2)c1-c1ccc2c(Cl)c[nH]c2c1. The number of H-pyrrole nitrogens is 1. The molecule has 0 amide bonds. The molecule has 1 aromatic heterocycles. The van der Waals surface area contributed by atoms with E-state index in [1.807, 2.05) is 54.6 Å². The van der Waals surface area contributed by atoms with E-state index in [2.05, 4.69) is 16.8 Å². The van der Waals surface area contributed by atoms with Gasteiger partial charge in [0.1, 0.15) is 0 Å². The smallest absolute Gasteiger partial charge is 0.336 e. The quantitative estimate of drug-likeness (QED) is 0.451. The van der Waals surface area contributed by atoms with Crippen LogP contribution in [0, 0.1) is 11.8 Å². The monoisotopic (exact) mass is 371 g/mol. The van der Waals surface area contributed by atoms with Crippen LogP contribution in [-0.4, -0.2) is 16.1 Å². The number of fused-ring (bicyclic) bond motifs is 1. The molecule has 0 aliphatic heterocycles. The van der Waals surface area contributed by atoms with Crippen molar-refractivity contribution in [3.8, 4) is 23.0 Å². The number of halogens is 1. The first-order valence-electron chi connectivity index (χ1n) is 8.34. The van der Waals surface area contributed by atoms with Gasteiger partial charge in [0.15, 0.2) is 0 Å². The fourth-order valence-corrected chi connectivity index (χ4v) is 3.27. The van der Waals surface area contributed by atoms with E-state index in [1.54, 1.807) is 18.3 Å². The Labute approximate surface area is 161 Å². The van der Waals surface area contributed by atoms with E-state index in [1.165, 1.54) is 0 Å². The number of nitrogens with one attached hydrogen (secondary N) is 1. The van der Waals surface area contributed by atoms with Crippen molar-refractivity contribution in [2.45, 2.75) is 0 Å². The van der Waals surface area contributed by atoms with Crippen LogP contribution in [0.1, 0.15) is 21.5 Å². The third kappa shape index (κ3) is 3.31. The summed E-state index contributed by atoms with van der Waals surface area (Å²) in [5.74, 6) is 5.25. The Balaban J connectivity index is 1.91. The zero-order valence-electron chi connectivity index (χ0n) is 14.2. The number of hydrogen-bond donors (Lipinski definition) is 2. The summed E-state index contributed by atoms with van der Waals surface area (Å²) >= 11 is 6.15. The molecule has 3 aromatic carbocycles. The van der Waals surface area contributed by atoms with Crippen molar-refractivity contribution in [1.82, 2.24) is 4.98 Å². The van der Waals surface area contributed by atoms with Crippen LogP contribution in [0.15, 0.2) is 72.9 Å². The lowest BCUT2D eigenvalue weighted by molar-refractivity contribution is 0.0697. The van der Waals surface area contributed by atoms with Crippen molar-refractivity contribution in [2.75, 3.05) is 0 Å². The maximum Gasteiger partial charge on any atom is 0.336 e. The second-order valence-electron chi connectivity index (χ2n) is 6.05. The van der Waals surface area contributed by atoms with Crippen molar-refractivity contribution in [3.05, 3.63) is 94.6 Å². The van der Waals surface area contributed by atoms with Crippen LogP contribution in [0.3, 0.4) is 0 Å². The summed E-state index contributed by atoms with van der Waals surface area (Å²) in [4.78, 5) is 14.9. The lowest BCUT2D eigenvalue weighted by Crippen LogP contribution is -2.01. The van der Waals surface area contributed by atoms with Crippen LogP contribution >= 0.6 is 11.6 Å². The highest BCUT2D eigenvalue weighted by Crippen LogP contribution is 2.32. The Morgan fingerprint density at radius 3 is 2.56 bits per heavy atom. The lowest BCUT2D eigenvalue weighted by Gasteiger charge is -2.10. The van der Waals surface area contributed by atoms with Crippen molar-refractivity contribution in [2.24, 2.45) is 0 Å². The molecule has 0 radical (unpaired) electrons. The Morgan fingerprint density at radius 1 is 0.963 bits per heavy atom. The Hall–Kier alpha value is -3.48. The molecule has 0 aliphatic carbocycles. The zero-order chi connectivity index (χ0) is 18.8. The van der Waals surface area contributed by atoms with Crippen molar-refractivity contribution >= 4 is 28.5 Å². The number of hydrogen-bond acceptors (Lipinski definition) is 1. The Bertz CT molecular complexity index is 1210. The molecule has 2 N–H and O–H groups in total. The first kappa shape index (κ1) is 17.0. The van der Waals surface area contributed by atoms with E-state index in [0.29, 0.717) is 16.1 Å². The summed E-state index contributed by atoms with van der Waals surface area (Å²) in [5.41, 5.74) is 3.97. The van der Waals surface area contributed by atoms with Gasteiger partial charge in [-0.15, -0.1) is 0 Å². The molecule has 0 fully saturated rings. The van der Waals surface area contributed by atoms with Crippen LogP contribution < -0.4 is 0 Å². The number of carboxylic acid groups (broad SMARTS) is 1. The van der Waals surface area contributed by atoms with E-state index in [9.17, 15) is 9.90 Å². The average molecular weight is 372 g/mol. The molecule has 0 bridgehead atoms. The molecule has 4 aromatic rings. The van der Waals surface area contributed by atoms with E-state index in [4.69, 9.17) is 11.6 Å². The molecule has 3 nitrogen and oxygen atoms in total. The molecule has 4 rings (SSSR count). The fourth-order valence-electron chi connectivity index (χ4n) is 3.05. The topological polar surface area (TPSA) is 53.1 Å². The van der Waals surface area contributed by atoms with Gasteiger partial charge in [0.05, 0.1) is 10.6 Å².